The van der Waals surface area contributed by atoms with Crippen molar-refractivity contribution in [2.75, 3.05) is 6.54 Å². The van der Waals surface area contributed by atoms with Gasteiger partial charge in [0.1, 0.15) is 13.2 Å². The lowest BCUT2D eigenvalue weighted by Gasteiger charge is -2.20. The number of nitrogens with one attached hydrogen (secondary N) is 1. The first-order valence-electron chi connectivity index (χ1n) is 7.05. The zero-order valence-electron chi connectivity index (χ0n) is 12.8. The number of carboxylic acid groups (broad SMARTS) is 1. The minimum absolute atomic E-state index is 0.0571. The Morgan fingerprint density at radius 2 is 1.79 bits per heavy atom. The Labute approximate surface area is 137 Å². The summed E-state index contributed by atoms with van der Waals surface area (Å²) in [5, 5.41) is 10.6. The summed E-state index contributed by atoms with van der Waals surface area (Å²) in [6.45, 7) is -0.715. The van der Waals surface area contributed by atoms with Crippen LogP contribution >= 0.6 is 0 Å². The van der Waals surface area contributed by atoms with E-state index in [-0.39, 0.29) is 6.61 Å². The zero-order chi connectivity index (χ0) is 18.1. The smallest absolute Gasteiger partial charge is 0.322 e. The number of carbonyl (C=O) groups is 4. The highest BCUT2D eigenvalue weighted by Crippen LogP contribution is 2.12. The summed E-state index contributed by atoms with van der Waals surface area (Å²) < 4.78 is 5.06. The molecule has 0 aliphatic rings. The van der Waals surface area contributed by atoms with Crippen LogP contribution in [0.2, 0.25) is 0 Å². The molecule has 0 aromatic heterocycles. The normalized spacial score (nSPS) is 12.7. The maximum Gasteiger partial charge on any atom is 0.322 e. The van der Waals surface area contributed by atoms with E-state index in [1.54, 1.807) is 30.3 Å². The fourth-order valence-electron chi connectivity index (χ4n) is 1.87. The monoisotopic (exact) mass is 337 g/mol. The Balaban J connectivity index is 2.71. The maximum atomic E-state index is 12.1. The number of hydrogen-bond acceptors (Lipinski definition) is 6. The molecule has 24 heavy (non-hydrogen) atoms. The van der Waals surface area contributed by atoms with Crippen molar-refractivity contribution in [3.05, 3.63) is 35.9 Å². The fraction of sp³-hybridized carbons (Fsp3) is 0.333. The molecule has 0 fully saturated rings. The summed E-state index contributed by atoms with van der Waals surface area (Å²) in [4.78, 5) is 45.5. The van der Waals surface area contributed by atoms with Gasteiger partial charge in [0.2, 0.25) is 11.8 Å². The van der Waals surface area contributed by atoms with Gasteiger partial charge in [-0.05, 0) is 5.56 Å². The number of nitrogens with two attached hydrogens (primary N) is 2. The van der Waals surface area contributed by atoms with Crippen LogP contribution in [-0.4, -0.2) is 41.4 Å². The SMILES string of the molecule is NC(=O)CC(C(=O)OCc1ccccc1)[C@H](N)C(=O)NCC(=O)O. The van der Waals surface area contributed by atoms with Crippen molar-refractivity contribution in [1.29, 1.82) is 0 Å². The van der Waals surface area contributed by atoms with Crippen molar-refractivity contribution in [3.63, 3.8) is 0 Å². The average molecular weight is 337 g/mol. The standard InChI is InChI=1S/C15H19N3O6/c16-11(19)6-10(13(17)14(22)18-7-12(20)21)15(23)24-8-9-4-2-1-3-5-9/h1-5,10,13H,6-8,17H2,(H2,16,19)(H,18,22)(H,20,21)/t10?,13-/m0/s1. The van der Waals surface area contributed by atoms with E-state index in [1.807, 2.05) is 5.32 Å². The second kappa shape index (κ2) is 9.26. The van der Waals surface area contributed by atoms with E-state index in [9.17, 15) is 19.2 Å². The molecule has 2 atom stereocenters. The van der Waals surface area contributed by atoms with E-state index >= 15 is 0 Å². The molecule has 9 heteroatoms. The minimum Gasteiger partial charge on any atom is -0.480 e. The lowest BCUT2D eigenvalue weighted by molar-refractivity contribution is -0.153. The van der Waals surface area contributed by atoms with Gasteiger partial charge in [0, 0.05) is 6.42 Å². The Hall–Kier alpha value is -2.94. The number of benzene rings is 1. The van der Waals surface area contributed by atoms with Crippen molar-refractivity contribution in [2.24, 2.45) is 17.4 Å². The van der Waals surface area contributed by atoms with E-state index in [4.69, 9.17) is 21.3 Å². The van der Waals surface area contributed by atoms with Crippen molar-refractivity contribution < 1.29 is 29.0 Å². The van der Waals surface area contributed by atoms with Crippen LogP contribution in [0.15, 0.2) is 30.3 Å². The van der Waals surface area contributed by atoms with Gasteiger partial charge in [0.25, 0.3) is 0 Å². The van der Waals surface area contributed by atoms with Gasteiger partial charge >= 0.3 is 11.9 Å². The van der Waals surface area contributed by atoms with Gasteiger partial charge in [-0.15, -0.1) is 0 Å². The van der Waals surface area contributed by atoms with Crippen LogP contribution in [0.25, 0.3) is 0 Å². The highest BCUT2D eigenvalue weighted by Gasteiger charge is 2.33. The molecule has 0 aliphatic heterocycles. The molecule has 0 spiro atoms. The summed E-state index contributed by atoms with van der Waals surface area (Å²) in [6, 6.07) is 7.32. The summed E-state index contributed by atoms with van der Waals surface area (Å²) in [7, 11) is 0. The van der Waals surface area contributed by atoms with E-state index < -0.39 is 48.7 Å². The average Bonchev–Trinajstić information content (AvgIpc) is 2.55. The number of carbonyl (C=O) groups excluding carboxylic acids is 3. The van der Waals surface area contributed by atoms with E-state index in [0.717, 1.165) is 0 Å². The fourth-order valence-corrected chi connectivity index (χ4v) is 1.87. The van der Waals surface area contributed by atoms with Crippen molar-refractivity contribution in [1.82, 2.24) is 5.32 Å². The first-order chi connectivity index (χ1) is 11.3. The van der Waals surface area contributed by atoms with Crippen molar-refractivity contribution in [2.45, 2.75) is 19.1 Å². The molecule has 0 heterocycles. The van der Waals surface area contributed by atoms with Crippen LogP contribution in [0.1, 0.15) is 12.0 Å². The molecule has 9 nitrogen and oxygen atoms in total. The maximum absolute atomic E-state index is 12.1. The molecule has 1 rings (SSSR count). The molecule has 2 amide bonds. The molecule has 1 aromatic rings. The van der Waals surface area contributed by atoms with Crippen LogP contribution in [0.3, 0.4) is 0 Å². The first-order valence-corrected chi connectivity index (χ1v) is 7.05. The number of primary amides is 1. The number of rotatable bonds is 9. The molecule has 6 N–H and O–H groups in total. The molecule has 1 aromatic carbocycles. The Morgan fingerprint density at radius 3 is 2.33 bits per heavy atom. The van der Waals surface area contributed by atoms with E-state index in [0.29, 0.717) is 5.56 Å². The van der Waals surface area contributed by atoms with Crippen LogP contribution in [0, 0.1) is 5.92 Å². The molecular weight excluding hydrogens is 318 g/mol. The second-order valence-electron chi connectivity index (χ2n) is 5.01. The lowest BCUT2D eigenvalue weighted by Crippen LogP contribution is -2.50. The van der Waals surface area contributed by atoms with Gasteiger partial charge in [0.05, 0.1) is 12.0 Å². The van der Waals surface area contributed by atoms with Gasteiger partial charge in [0.15, 0.2) is 0 Å². The minimum atomic E-state index is -1.46. The molecule has 0 saturated carbocycles. The largest absolute Gasteiger partial charge is 0.480 e. The third kappa shape index (κ3) is 6.44. The summed E-state index contributed by atoms with van der Waals surface area (Å²) in [6.07, 6.45) is -0.491. The Kier molecular flexibility index (Phi) is 7.37. The molecule has 0 saturated heterocycles. The summed E-state index contributed by atoms with van der Waals surface area (Å²) in [5.41, 5.74) is 11.4. The number of carboxylic acids is 1. The molecule has 1 unspecified atom stereocenters. The highest BCUT2D eigenvalue weighted by atomic mass is 16.5. The molecule has 130 valence electrons. The molecule has 0 radical (unpaired) electrons. The molecule has 0 aliphatic carbocycles. The molecular formula is C15H19N3O6. The van der Waals surface area contributed by atoms with Crippen LogP contribution in [-0.2, 0) is 30.5 Å². The van der Waals surface area contributed by atoms with Gasteiger partial charge in [-0.3, -0.25) is 19.2 Å². The van der Waals surface area contributed by atoms with Crippen LogP contribution in [0.5, 0.6) is 0 Å². The number of hydrogen-bond donors (Lipinski definition) is 4. The summed E-state index contributed by atoms with van der Waals surface area (Å²) in [5.74, 6) is -5.16. The Bertz CT molecular complexity index is 604. The van der Waals surface area contributed by atoms with E-state index in [2.05, 4.69) is 0 Å². The predicted molar refractivity (Wildman–Crippen MR) is 82.2 cm³/mol. The van der Waals surface area contributed by atoms with Gasteiger partial charge in [-0.25, -0.2) is 0 Å². The third-order valence-corrected chi connectivity index (χ3v) is 3.10. The highest BCUT2D eigenvalue weighted by molar-refractivity contribution is 5.92. The second-order valence-corrected chi connectivity index (χ2v) is 5.01. The van der Waals surface area contributed by atoms with Gasteiger partial charge in [-0.2, -0.15) is 0 Å². The predicted octanol–water partition coefficient (Wildman–Crippen LogP) is -1.25. The van der Waals surface area contributed by atoms with Crippen molar-refractivity contribution >= 4 is 23.8 Å². The van der Waals surface area contributed by atoms with Crippen LogP contribution in [0.4, 0.5) is 0 Å². The molecule has 0 bridgehead atoms. The number of esters is 1. The van der Waals surface area contributed by atoms with Crippen LogP contribution < -0.4 is 16.8 Å². The van der Waals surface area contributed by atoms with E-state index in [1.165, 1.54) is 0 Å². The Morgan fingerprint density at radius 1 is 1.17 bits per heavy atom. The summed E-state index contributed by atoms with van der Waals surface area (Å²) >= 11 is 0. The van der Waals surface area contributed by atoms with Crippen molar-refractivity contribution in [3.8, 4) is 0 Å². The number of ether oxygens (including phenoxy) is 1. The van der Waals surface area contributed by atoms with Gasteiger partial charge < -0.3 is 26.6 Å². The lowest BCUT2D eigenvalue weighted by atomic mass is 9.95. The third-order valence-electron chi connectivity index (χ3n) is 3.10. The van der Waals surface area contributed by atoms with Gasteiger partial charge in [-0.1, -0.05) is 30.3 Å². The zero-order valence-corrected chi connectivity index (χ0v) is 12.8. The number of amides is 2. The first kappa shape index (κ1) is 19.1. The number of aliphatic carboxylic acids is 1. The quantitative estimate of drug-likeness (QED) is 0.409. The topological polar surface area (TPSA) is 162 Å².